The molecule has 118 valence electrons. The molecule has 3 rings (SSSR count). The molecule has 0 saturated carbocycles. The van der Waals surface area contributed by atoms with Crippen LogP contribution < -0.4 is 15.0 Å². The van der Waals surface area contributed by atoms with Crippen molar-refractivity contribution in [3.8, 4) is 5.75 Å². The van der Waals surface area contributed by atoms with Crippen LogP contribution in [0, 0.1) is 0 Å². The van der Waals surface area contributed by atoms with Crippen LogP contribution in [0.15, 0.2) is 48.5 Å². The van der Waals surface area contributed by atoms with E-state index < -0.39 is 0 Å². The largest absolute Gasteiger partial charge is 0.484 e. The molecule has 0 unspecified atom stereocenters. The Hall–Kier alpha value is -2.82. The van der Waals surface area contributed by atoms with E-state index in [9.17, 15) is 9.59 Å². The molecule has 0 fully saturated rings. The standard InChI is InChI=1S/C18H18N2O3/c1-13(21)19-15-6-4-7-16(11-15)23-12-18(22)20-10-9-14-5-2-3-8-17(14)20/h2-8,11H,9-10,12H2,1H3,(H,19,21). The summed E-state index contributed by atoms with van der Waals surface area (Å²) in [4.78, 5) is 25.2. The van der Waals surface area contributed by atoms with Gasteiger partial charge in [0, 0.05) is 30.9 Å². The monoisotopic (exact) mass is 310 g/mol. The molecule has 23 heavy (non-hydrogen) atoms. The molecule has 0 atom stereocenters. The minimum atomic E-state index is -0.146. The second kappa shape index (κ2) is 6.52. The van der Waals surface area contributed by atoms with E-state index in [1.165, 1.54) is 12.5 Å². The molecule has 2 amide bonds. The lowest BCUT2D eigenvalue weighted by molar-refractivity contribution is -0.120. The number of amides is 2. The van der Waals surface area contributed by atoms with Crippen molar-refractivity contribution in [2.45, 2.75) is 13.3 Å². The number of hydrogen-bond donors (Lipinski definition) is 1. The molecule has 5 nitrogen and oxygen atoms in total. The number of nitrogens with one attached hydrogen (secondary N) is 1. The van der Waals surface area contributed by atoms with Gasteiger partial charge in [-0.05, 0) is 30.2 Å². The zero-order valence-electron chi connectivity index (χ0n) is 12.9. The Labute approximate surface area is 134 Å². The summed E-state index contributed by atoms with van der Waals surface area (Å²) in [6.07, 6.45) is 0.875. The number of carbonyl (C=O) groups excluding carboxylic acids is 2. The summed E-state index contributed by atoms with van der Waals surface area (Å²) in [7, 11) is 0. The van der Waals surface area contributed by atoms with Crippen LogP contribution in [0.5, 0.6) is 5.75 Å². The van der Waals surface area contributed by atoms with Crippen LogP contribution in [0.4, 0.5) is 11.4 Å². The van der Waals surface area contributed by atoms with Gasteiger partial charge in [0.1, 0.15) is 5.75 Å². The van der Waals surface area contributed by atoms with Gasteiger partial charge in [0.15, 0.2) is 6.61 Å². The molecule has 2 aromatic rings. The topological polar surface area (TPSA) is 58.6 Å². The number of nitrogens with zero attached hydrogens (tertiary/aromatic N) is 1. The van der Waals surface area contributed by atoms with Gasteiger partial charge in [-0.2, -0.15) is 0 Å². The number of carbonyl (C=O) groups is 2. The lowest BCUT2D eigenvalue weighted by Crippen LogP contribution is -2.33. The summed E-state index contributed by atoms with van der Waals surface area (Å²) in [5.41, 5.74) is 2.80. The molecule has 1 aliphatic heterocycles. The molecular formula is C18H18N2O3. The van der Waals surface area contributed by atoms with E-state index in [1.807, 2.05) is 24.3 Å². The van der Waals surface area contributed by atoms with Gasteiger partial charge in [0.05, 0.1) is 0 Å². The molecule has 0 spiro atoms. The van der Waals surface area contributed by atoms with Crippen molar-refractivity contribution < 1.29 is 14.3 Å². The van der Waals surface area contributed by atoms with Crippen LogP contribution in [0.1, 0.15) is 12.5 Å². The Balaban J connectivity index is 1.63. The highest BCUT2D eigenvalue weighted by molar-refractivity contribution is 5.96. The highest BCUT2D eigenvalue weighted by Crippen LogP contribution is 2.27. The lowest BCUT2D eigenvalue weighted by Gasteiger charge is -2.17. The molecule has 0 bridgehead atoms. The van der Waals surface area contributed by atoms with Crippen LogP contribution in [-0.4, -0.2) is 25.0 Å². The zero-order valence-corrected chi connectivity index (χ0v) is 12.9. The maximum Gasteiger partial charge on any atom is 0.264 e. The number of fused-ring (bicyclic) bond motifs is 1. The van der Waals surface area contributed by atoms with Crippen LogP contribution in [-0.2, 0) is 16.0 Å². The smallest absolute Gasteiger partial charge is 0.264 e. The van der Waals surface area contributed by atoms with Crippen LogP contribution in [0.2, 0.25) is 0 Å². The van der Waals surface area contributed by atoms with Crippen molar-refractivity contribution >= 4 is 23.2 Å². The van der Waals surface area contributed by atoms with Gasteiger partial charge in [-0.15, -0.1) is 0 Å². The highest BCUT2D eigenvalue weighted by Gasteiger charge is 2.24. The quantitative estimate of drug-likeness (QED) is 0.944. The fraction of sp³-hybridized carbons (Fsp3) is 0.222. The van der Waals surface area contributed by atoms with E-state index in [0.29, 0.717) is 18.0 Å². The van der Waals surface area contributed by atoms with Gasteiger partial charge in [-0.25, -0.2) is 0 Å². The minimum Gasteiger partial charge on any atom is -0.484 e. The Kier molecular flexibility index (Phi) is 4.28. The van der Waals surface area contributed by atoms with Crippen molar-refractivity contribution in [1.29, 1.82) is 0 Å². The number of para-hydroxylation sites is 1. The summed E-state index contributed by atoms with van der Waals surface area (Å²) in [5.74, 6) is 0.337. The number of ether oxygens (including phenoxy) is 1. The van der Waals surface area contributed by atoms with E-state index in [1.54, 1.807) is 29.2 Å². The van der Waals surface area contributed by atoms with Gasteiger partial charge >= 0.3 is 0 Å². The Bertz CT molecular complexity index is 743. The molecule has 0 radical (unpaired) electrons. The van der Waals surface area contributed by atoms with Gasteiger partial charge < -0.3 is 15.0 Å². The first kappa shape index (κ1) is 15.1. The van der Waals surface area contributed by atoms with Gasteiger partial charge in [-0.3, -0.25) is 9.59 Å². The third-order valence-electron chi connectivity index (χ3n) is 3.70. The first-order chi connectivity index (χ1) is 11.1. The maximum absolute atomic E-state index is 12.4. The highest BCUT2D eigenvalue weighted by atomic mass is 16.5. The molecule has 2 aromatic carbocycles. The van der Waals surface area contributed by atoms with Crippen molar-refractivity contribution in [3.63, 3.8) is 0 Å². The first-order valence-electron chi connectivity index (χ1n) is 7.52. The SMILES string of the molecule is CC(=O)Nc1cccc(OCC(=O)N2CCc3ccccc32)c1. The van der Waals surface area contributed by atoms with Crippen LogP contribution in [0.3, 0.4) is 0 Å². The molecule has 1 N–H and O–H groups in total. The molecule has 0 aliphatic carbocycles. The van der Waals surface area contributed by atoms with Crippen LogP contribution in [0.25, 0.3) is 0 Å². The Morgan fingerprint density at radius 1 is 1.17 bits per heavy atom. The number of rotatable bonds is 4. The van der Waals surface area contributed by atoms with Crippen molar-refractivity contribution in [3.05, 3.63) is 54.1 Å². The summed E-state index contributed by atoms with van der Waals surface area (Å²) >= 11 is 0. The number of benzene rings is 2. The normalized spacial score (nSPS) is 12.7. The van der Waals surface area contributed by atoms with E-state index >= 15 is 0 Å². The van der Waals surface area contributed by atoms with E-state index in [0.717, 1.165) is 12.1 Å². The summed E-state index contributed by atoms with van der Waals surface area (Å²) < 4.78 is 5.57. The average molecular weight is 310 g/mol. The average Bonchev–Trinajstić information content (AvgIpc) is 2.96. The van der Waals surface area contributed by atoms with Crippen LogP contribution >= 0.6 is 0 Å². The molecule has 0 saturated heterocycles. The summed E-state index contributed by atoms with van der Waals surface area (Å²) in [6.45, 7) is 2.10. The zero-order chi connectivity index (χ0) is 16.2. The van der Waals surface area contributed by atoms with Crippen molar-refractivity contribution in [2.24, 2.45) is 0 Å². The second-order valence-corrected chi connectivity index (χ2v) is 5.42. The van der Waals surface area contributed by atoms with E-state index in [2.05, 4.69) is 5.32 Å². The lowest BCUT2D eigenvalue weighted by atomic mass is 10.2. The summed E-state index contributed by atoms with van der Waals surface area (Å²) in [5, 5.41) is 2.69. The third kappa shape index (κ3) is 3.51. The Morgan fingerprint density at radius 3 is 2.83 bits per heavy atom. The number of anilines is 2. The summed E-state index contributed by atoms with van der Waals surface area (Å²) in [6, 6.07) is 14.9. The fourth-order valence-electron chi connectivity index (χ4n) is 2.69. The maximum atomic E-state index is 12.4. The molecule has 0 aromatic heterocycles. The van der Waals surface area contributed by atoms with Gasteiger partial charge in [-0.1, -0.05) is 24.3 Å². The third-order valence-corrected chi connectivity index (χ3v) is 3.70. The second-order valence-electron chi connectivity index (χ2n) is 5.42. The molecule has 1 heterocycles. The molecule has 1 aliphatic rings. The van der Waals surface area contributed by atoms with Crippen molar-refractivity contribution in [1.82, 2.24) is 0 Å². The molecular weight excluding hydrogens is 292 g/mol. The fourth-order valence-corrected chi connectivity index (χ4v) is 2.69. The molecule has 5 heteroatoms. The van der Waals surface area contributed by atoms with E-state index in [-0.39, 0.29) is 18.4 Å². The number of hydrogen-bond acceptors (Lipinski definition) is 3. The Morgan fingerprint density at radius 2 is 2.00 bits per heavy atom. The van der Waals surface area contributed by atoms with Crippen molar-refractivity contribution in [2.75, 3.05) is 23.4 Å². The first-order valence-corrected chi connectivity index (χ1v) is 7.52. The minimum absolute atomic E-state index is 0.0299. The predicted molar refractivity (Wildman–Crippen MR) is 88.7 cm³/mol. The van der Waals surface area contributed by atoms with Gasteiger partial charge in [0.25, 0.3) is 5.91 Å². The predicted octanol–water partition coefficient (Wildman–Crippen LogP) is 2.61. The van der Waals surface area contributed by atoms with E-state index in [4.69, 9.17) is 4.74 Å². The van der Waals surface area contributed by atoms with Gasteiger partial charge in [0.2, 0.25) is 5.91 Å².